The van der Waals surface area contributed by atoms with Gasteiger partial charge in [0.1, 0.15) is 0 Å². The zero-order valence-electron chi connectivity index (χ0n) is 2.33. The van der Waals surface area contributed by atoms with E-state index in [1.165, 1.54) is 0 Å². The first-order chi connectivity index (χ1) is 2.41. The number of hydrogen-bond acceptors (Lipinski definition) is 1. The summed E-state index contributed by atoms with van der Waals surface area (Å²) in [6, 6.07) is 0. The summed E-state index contributed by atoms with van der Waals surface area (Å²) in [4.78, 5) is 0. The first-order valence-electron chi connectivity index (χ1n) is 0.899. The van der Waals surface area contributed by atoms with Crippen LogP contribution in [0.1, 0.15) is 0 Å². The quantitative estimate of drug-likeness (QED) is 0.293. The van der Waals surface area contributed by atoms with Gasteiger partial charge < -0.3 is 0 Å². The Morgan fingerprint density at radius 2 is 2.60 bits per heavy atom. The van der Waals surface area contributed by atoms with Crippen molar-refractivity contribution in [3.63, 3.8) is 0 Å². The van der Waals surface area contributed by atoms with Gasteiger partial charge in [0.2, 0.25) is 0 Å². The van der Waals surface area contributed by atoms with Gasteiger partial charge in [-0.15, -0.1) is 0 Å². The van der Waals surface area contributed by atoms with E-state index in [1.54, 1.807) is 4.70 Å². The molecule has 5 heavy (non-hydrogen) atoms. The van der Waals surface area contributed by atoms with Crippen LogP contribution >= 0.6 is 28.9 Å². The molecule has 0 aromatic carbocycles. The van der Waals surface area contributed by atoms with Crippen molar-refractivity contribution in [3.05, 3.63) is 0 Å². The van der Waals surface area contributed by atoms with Crippen LogP contribution in [0, 0.1) is 0 Å². The summed E-state index contributed by atoms with van der Waals surface area (Å²) in [5.41, 5.74) is 0. The summed E-state index contributed by atoms with van der Waals surface area (Å²) in [6.07, 6.45) is 0. The summed E-state index contributed by atoms with van der Waals surface area (Å²) < 4.78 is 1.73. The third-order valence-corrected chi connectivity index (χ3v) is 2.67. The Morgan fingerprint density at radius 3 is 2.60 bits per heavy atom. The molecule has 0 fully saturated rings. The first-order valence-corrected chi connectivity index (χ1v) is 4.99. The zero-order chi connectivity index (χ0) is 4.12. The number of rotatable bonds is 0. The van der Waals surface area contributed by atoms with Crippen LogP contribution in [0.15, 0.2) is 0 Å². The third kappa shape index (κ3) is 5.09. The summed E-state index contributed by atoms with van der Waals surface area (Å²) in [5, 5.41) is 0. The molecule has 0 amide bonds. The van der Waals surface area contributed by atoms with Crippen LogP contribution in [0.3, 0.4) is 0 Å². The normalized spacial score (nSPS) is 5.80. The summed E-state index contributed by atoms with van der Waals surface area (Å²) in [6.45, 7) is 0. The fraction of sp³-hybridized carbons (Fsp3) is 0. The monoisotopic (exact) mass is 142 g/mol. The number of thiol groups is 2. The molecule has 0 bridgehead atoms. The number of hydrogen-bond donors (Lipinski definition) is 2. The van der Waals surface area contributed by atoms with Gasteiger partial charge in [-0.3, -0.25) is 0 Å². The van der Waals surface area contributed by atoms with E-state index in [2.05, 4.69) is 24.4 Å². The van der Waals surface area contributed by atoms with Gasteiger partial charge in [0, 0.05) is 0 Å². The fourth-order valence-corrected chi connectivity index (χ4v) is 1.71. The van der Waals surface area contributed by atoms with E-state index in [0.717, 1.165) is 16.3 Å². The minimum atomic E-state index is 0.953. The van der Waals surface area contributed by atoms with Crippen LogP contribution in [-0.4, -0.2) is 4.70 Å². The zero-order valence-corrected chi connectivity index (χ0v) is 5.83. The van der Waals surface area contributed by atoms with Crippen LogP contribution in [0.25, 0.3) is 0 Å². The Bertz CT molecular complexity index is 131. The van der Waals surface area contributed by atoms with Gasteiger partial charge in [-0.2, -0.15) is 0 Å². The van der Waals surface area contributed by atoms with Crippen LogP contribution < -0.4 is 0 Å². The topological polar surface area (TPSA) is 0 Å². The third-order valence-electron chi connectivity index (χ3n) is 0.0988. The maximum absolute atomic E-state index is 4.53. The molecule has 0 atom stereocenters. The fourth-order valence-electron chi connectivity index (χ4n) is 0.0211. The molecule has 0 aliphatic carbocycles. The van der Waals surface area contributed by atoms with Crippen LogP contribution in [0.4, 0.5) is 0 Å². The van der Waals surface area contributed by atoms with E-state index < -0.39 is 0 Å². The Hall–Kier alpha value is 1.09. The molecule has 0 aromatic rings. The van der Waals surface area contributed by atoms with Crippen LogP contribution in [-0.2, 0) is 11.8 Å². The standard InChI is InChI=1S/CH3PS3/c3-1-5-2-4/h1,3,5H. The van der Waals surface area contributed by atoms with E-state index >= 15 is 0 Å². The molecular weight excluding hydrogens is 139 g/mol. The molecule has 0 radical (unpaired) electrons. The van der Waals surface area contributed by atoms with Crippen molar-refractivity contribution < 1.29 is 0 Å². The molecule has 0 unspecified atom stereocenters. The van der Waals surface area contributed by atoms with Crippen molar-refractivity contribution in [1.29, 1.82) is 0 Å². The maximum atomic E-state index is 4.53. The van der Waals surface area contributed by atoms with Gasteiger partial charge >= 0.3 is 45.4 Å². The predicted molar refractivity (Wildman–Crippen MR) is 38.3 cm³/mol. The van der Waals surface area contributed by atoms with Crippen LogP contribution in [0.2, 0.25) is 0 Å². The van der Waals surface area contributed by atoms with Crippen molar-refractivity contribution in [2.75, 3.05) is 0 Å². The minimum absolute atomic E-state index is 0.953. The second-order valence-corrected chi connectivity index (χ2v) is 4.28. The molecule has 0 spiro atoms. The summed E-state index contributed by atoms with van der Waals surface area (Å²) in [7, 11) is 1.11. The molecular formula is CH3PS3. The average Bonchev–Trinajstić information content (AvgIpc) is 1.41. The van der Waals surface area contributed by atoms with Crippen molar-refractivity contribution in [2.45, 2.75) is 0 Å². The van der Waals surface area contributed by atoms with E-state index in [0.29, 0.717) is 0 Å². The van der Waals surface area contributed by atoms with Gasteiger partial charge in [-0.05, 0) is 0 Å². The van der Waals surface area contributed by atoms with Gasteiger partial charge in [0.25, 0.3) is 0 Å². The van der Waals surface area contributed by atoms with E-state index in [1.807, 2.05) is 0 Å². The molecule has 0 saturated carbocycles. The van der Waals surface area contributed by atoms with Gasteiger partial charge in [-0.25, -0.2) is 0 Å². The van der Waals surface area contributed by atoms with Gasteiger partial charge in [0.15, 0.2) is 0 Å². The molecule has 0 saturated heterocycles. The van der Waals surface area contributed by atoms with Crippen molar-refractivity contribution in [3.8, 4) is 0 Å². The summed E-state index contributed by atoms with van der Waals surface area (Å²) in [5.74, 6) is 0.953. The predicted octanol–water partition coefficient (Wildman–Crippen LogP) is 1.46. The molecule has 0 N–H and O–H groups in total. The molecule has 30 valence electrons. The molecule has 0 aliphatic heterocycles. The molecule has 0 heterocycles. The molecule has 4 heteroatoms. The SMILES string of the molecule is S=P#[SH]=CS. The molecule has 0 rings (SSSR count). The van der Waals surface area contributed by atoms with Crippen molar-refractivity contribution >= 4 is 45.4 Å². The van der Waals surface area contributed by atoms with Gasteiger partial charge in [0.05, 0.1) is 0 Å². The van der Waals surface area contributed by atoms with Crippen molar-refractivity contribution in [1.82, 2.24) is 0 Å². The molecule has 0 aliphatic rings. The first kappa shape index (κ1) is 6.09. The molecule has 0 aromatic heterocycles. The van der Waals surface area contributed by atoms with E-state index in [-0.39, 0.29) is 0 Å². The Kier molecular flexibility index (Phi) is 6.20. The van der Waals surface area contributed by atoms with E-state index in [4.69, 9.17) is 0 Å². The van der Waals surface area contributed by atoms with E-state index in [9.17, 15) is 0 Å². The van der Waals surface area contributed by atoms with Crippen LogP contribution in [0.5, 0.6) is 0 Å². The second kappa shape index (κ2) is 5.09. The Morgan fingerprint density at radius 1 is 2.00 bits per heavy atom. The Labute approximate surface area is 45.6 Å². The van der Waals surface area contributed by atoms with Crippen molar-refractivity contribution in [2.24, 2.45) is 0 Å². The Balaban J connectivity index is 4.14. The second-order valence-electron chi connectivity index (χ2n) is 0.313. The molecule has 0 nitrogen and oxygen atoms in total. The average molecular weight is 142 g/mol. The summed E-state index contributed by atoms with van der Waals surface area (Å²) >= 11 is 8.32. The van der Waals surface area contributed by atoms with Gasteiger partial charge in [-0.1, -0.05) is 0 Å².